The van der Waals surface area contributed by atoms with E-state index in [1.807, 2.05) is 6.07 Å². The summed E-state index contributed by atoms with van der Waals surface area (Å²) in [4.78, 5) is 26.9. The molecule has 0 saturated heterocycles. The first kappa shape index (κ1) is 29.1. The number of sulfone groups is 1. The number of rotatable bonds is 8. The number of hydrogen-bond acceptors (Lipinski definition) is 6. The zero-order valence-corrected chi connectivity index (χ0v) is 21.0. The normalized spacial score (nSPS) is 17.2. The van der Waals surface area contributed by atoms with Crippen molar-refractivity contribution in [2.75, 3.05) is 12.9 Å². The molecule has 1 aliphatic heterocycles. The van der Waals surface area contributed by atoms with Crippen molar-refractivity contribution in [3.63, 3.8) is 0 Å². The molecule has 1 unspecified atom stereocenters. The maximum atomic E-state index is 13.2. The van der Waals surface area contributed by atoms with Crippen molar-refractivity contribution in [1.29, 1.82) is 5.26 Å². The fraction of sp³-hybridized carbons (Fsp3) is 0.240. The van der Waals surface area contributed by atoms with Gasteiger partial charge in [-0.05, 0) is 43.7 Å². The second-order valence-corrected chi connectivity index (χ2v) is 9.88. The number of nitriles is 1. The molecule has 1 N–H and O–H groups in total. The summed E-state index contributed by atoms with van der Waals surface area (Å²) >= 11 is 0. The largest absolute Gasteiger partial charge is 0.458 e. The highest BCUT2D eigenvalue weighted by molar-refractivity contribution is 7.90. The number of allylic oxidation sites excluding steroid dienone is 5. The molecule has 0 fully saturated rings. The minimum absolute atomic E-state index is 0.0217. The van der Waals surface area contributed by atoms with Crippen LogP contribution in [0.15, 0.2) is 83.1 Å². The number of ether oxygens (including phenoxy) is 1. The molecule has 1 aromatic carbocycles. The summed E-state index contributed by atoms with van der Waals surface area (Å²) in [5, 5.41) is 11.7. The van der Waals surface area contributed by atoms with Gasteiger partial charge in [-0.3, -0.25) is 4.90 Å². The lowest BCUT2D eigenvalue weighted by Gasteiger charge is -2.36. The fourth-order valence-corrected chi connectivity index (χ4v) is 4.49. The van der Waals surface area contributed by atoms with E-state index in [1.165, 1.54) is 31.2 Å². The van der Waals surface area contributed by atoms with Crippen molar-refractivity contribution >= 4 is 21.8 Å². The van der Waals surface area contributed by atoms with E-state index in [0.717, 1.165) is 30.2 Å². The van der Waals surface area contributed by atoms with Crippen molar-refractivity contribution < 1.29 is 35.9 Å². The summed E-state index contributed by atoms with van der Waals surface area (Å²) in [6, 6.07) is 3.21. The van der Waals surface area contributed by atoms with Gasteiger partial charge in [0.25, 0.3) is 0 Å². The first-order valence-electron chi connectivity index (χ1n) is 10.6. The molecule has 12 heteroatoms. The molecule has 1 aliphatic rings. The Hall–Kier alpha value is -4.11. The third-order valence-electron chi connectivity index (χ3n) is 5.25. The van der Waals surface area contributed by atoms with Gasteiger partial charge in [-0.25, -0.2) is 18.0 Å². The van der Waals surface area contributed by atoms with Crippen LogP contribution in [0.2, 0.25) is 0 Å². The predicted octanol–water partition coefficient (Wildman–Crippen LogP) is 4.61. The van der Waals surface area contributed by atoms with E-state index in [0.29, 0.717) is 6.08 Å². The smallest absolute Gasteiger partial charge is 0.412 e. The Labute approximate surface area is 212 Å². The van der Waals surface area contributed by atoms with Crippen LogP contribution in [0.1, 0.15) is 31.0 Å². The van der Waals surface area contributed by atoms with Gasteiger partial charge in [0.15, 0.2) is 9.84 Å². The van der Waals surface area contributed by atoms with Crippen LogP contribution in [0, 0.1) is 11.3 Å². The average molecular weight is 536 g/mol. The number of hydrogen-bond donors (Lipinski definition) is 1. The first-order valence-corrected chi connectivity index (χ1v) is 12.5. The predicted molar refractivity (Wildman–Crippen MR) is 129 cm³/mol. The SMILES string of the molecule is C=C/C=C(\C=C(/C)C(F)(F)F)N1C(=O)NC(c2ccc(C#N)cc2S(C)(=O)=O)C(C(=O)OCC=C)=C1C. The molecule has 37 heavy (non-hydrogen) atoms. The van der Waals surface area contributed by atoms with E-state index < -0.39 is 39.6 Å². The Morgan fingerprint density at radius 1 is 1.32 bits per heavy atom. The summed E-state index contributed by atoms with van der Waals surface area (Å²) < 4.78 is 69.9. The zero-order chi connectivity index (χ0) is 28.1. The second-order valence-electron chi connectivity index (χ2n) is 7.89. The first-order chi connectivity index (χ1) is 17.2. The zero-order valence-electron chi connectivity index (χ0n) is 20.2. The Kier molecular flexibility index (Phi) is 8.90. The van der Waals surface area contributed by atoms with Crippen LogP contribution in [0.4, 0.5) is 18.0 Å². The maximum absolute atomic E-state index is 13.2. The van der Waals surface area contributed by atoms with Crippen LogP contribution < -0.4 is 5.32 Å². The van der Waals surface area contributed by atoms with Gasteiger partial charge in [0, 0.05) is 17.5 Å². The van der Waals surface area contributed by atoms with Crippen LogP contribution >= 0.6 is 0 Å². The number of nitrogens with one attached hydrogen (secondary N) is 1. The highest BCUT2D eigenvalue weighted by atomic mass is 32.2. The van der Waals surface area contributed by atoms with Crippen LogP contribution in [0.25, 0.3) is 0 Å². The highest BCUT2D eigenvalue weighted by Gasteiger charge is 2.40. The van der Waals surface area contributed by atoms with Crippen molar-refractivity contribution in [1.82, 2.24) is 10.2 Å². The minimum Gasteiger partial charge on any atom is -0.458 e. The molecule has 2 rings (SSSR count). The second kappa shape index (κ2) is 11.3. The van der Waals surface area contributed by atoms with E-state index in [-0.39, 0.29) is 39.6 Å². The Balaban J connectivity index is 2.87. The van der Waals surface area contributed by atoms with E-state index in [1.54, 1.807) is 0 Å². The summed E-state index contributed by atoms with van der Waals surface area (Å²) in [5.41, 5.74) is -1.62. The quantitative estimate of drug-likeness (QED) is 0.295. The molecule has 0 bridgehead atoms. The number of nitrogens with zero attached hydrogens (tertiary/aromatic N) is 2. The number of carbonyl (C=O) groups excluding carboxylic acids is 2. The molecule has 0 spiro atoms. The van der Waals surface area contributed by atoms with Crippen molar-refractivity contribution in [2.24, 2.45) is 0 Å². The number of benzene rings is 1. The van der Waals surface area contributed by atoms with Crippen molar-refractivity contribution in [3.8, 4) is 6.07 Å². The highest BCUT2D eigenvalue weighted by Crippen LogP contribution is 2.37. The Bertz CT molecular complexity index is 1380. The number of urea groups is 1. The van der Waals surface area contributed by atoms with Gasteiger partial charge in [0.1, 0.15) is 6.61 Å². The molecule has 196 valence electrons. The third-order valence-corrected chi connectivity index (χ3v) is 6.40. The number of esters is 1. The molecular formula is C25H24F3N3O5S. The van der Waals surface area contributed by atoms with Gasteiger partial charge in [-0.1, -0.05) is 31.4 Å². The van der Waals surface area contributed by atoms with Crippen molar-refractivity contribution in [2.45, 2.75) is 31.0 Å². The molecule has 1 aromatic rings. The average Bonchev–Trinajstić information content (AvgIpc) is 2.80. The lowest BCUT2D eigenvalue weighted by Crippen LogP contribution is -2.47. The van der Waals surface area contributed by atoms with E-state index in [4.69, 9.17) is 4.74 Å². The number of amides is 2. The molecule has 1 atom stereocenters. The van der Waals surface area contributed by atoms with Crippen LogP contribution in [-0.2, 0) is 19.4 Å². The lowest BCUT2D eigenvalue weighted by atomic mass is 9.93. The number of carbonyl (C=O) groups is 2. The van der Waals surface area contributed by atoms with Gasteiger partial charge in [-0.15, -0.1) is 0 Å². The molecular weight excluding hydrogens is 511 g/mol. The molecule has 0 aliphatic carbocycles. The molecule has 8 nitrogen and oxygen atoms in total. The standard InChI is InChI=1S/C25H24F3N3O5S/c1-6-8-18(12-15(3)25(26,27)28)31-16(4)21(23(32)36-11-7-2)22(30-24(31)33)19-10-9-17(14-29)13-20(19)37(5,34)35/h6-10,12-13,22H,1-2,11H2,3-5H3,(H,30,33)/b15-12+,18-8+. The molecule has 0 radical (unpaired) electrons. The topological polar surface area (TPSA) is 117 Å². The van der Waals surface area contributed by atoms with Gasteiger partial charge < -0.3 is 10.1 Å². The van der Waals surface area contributed by atoms with Crippen LogP contribution in [0.5, 0.6) is 0 Å². The van der Waals surface area contributed by atoms with Gasteiger partial charge in [-0.2, -0.15) is 18.4 Å². The monoisotopic (exact) mass is 535 g/mol. The Morgan fingerprint density at radius 2 is 1.97 bits per heavy atom. The summed E-state index contributed by atoms with van der Waals surface area (Å²) in [6.45, 7) is 8.82. The summed E-state index contributed by atoms with van der Waals surface area (Å²) in [7, 11) is -3.95. The van der Waals surface area contributed by atoms with E-state index in [9.17, 15) is 36.4 Å². The van der Waals surface area contributed by atoms with Crippen molar-refractivity contribution in [3.05, 3.63) is 89.3 Å². The molecule has 0 aromatic heterocycles. The fourth-order valence-electron chi connectivity index (χ4n) is 3.54. The lowest BCUT2D eigenvalue weighted by molar-refractivity contribution is -0.138. The Morgan fingerprint density at radius 3 is 2.49 bits per heavy atom. The summed E-state index contributed by atoms with van der Waals surface area (Å²) in [5.74, 6) is -0.967. The van der Waals surface area contributed by atoms with Gasteiger partial charge >= 0.3 is 18.2 Å². The number of alkyl halides is 3. The van der Waals surface area contributed by atoms with Gasteiger partial charge in [0.2, 0.25) is 0 Å². The van der Waals surface area contributed by atoms with Crippen LogP contribution in [0.3, 0.4) is 0 Å². The van der Waals surface area contributed by atoms with Crippen LogP contribution in [-0.4, -0.2) is 44.4 Å². The maximum Gasteiger partial charge on any atom is 0.412 e. The van der Waals surface area contributed by atoms with E-state index >= 15 is 0 Å². The molecule has 0 saturated carbocycles. The minimum atomic E-state index is -4.69. The molecule has 2 amide bonds. The van der Waals surface area contributed by atoms with E-state index in [2.05, 4.69) is 18.5 Å². The van der Waals surface area contributed by atoms with Gasteiger partial charge in [0.05, 0.1) is 33.8 Å². The third kappa shape index (κ3) is 6.56. The summed E-state index contributed by atoms with van der Waals surface area (Å²) in [6.07, 6.45) is 0.512. The molecule has 1 heterocycles. The number of halogens is 3.